The Morgan fingerprint density at radius 2 is 1.93 bits per heavy atom. The fourth-order valence-electron chi connectivity index (χ4n) is 0.888. The summed E-state index contributed by atoms with van der Waals surface area (Å²) in [7, 11) is -2.34. The van der Waals surface area contributed by atoms with Gasteiger partial charge < -0.3 is 10.5 Å². The molecule has 4 N–H and O–H groups in total. The van der Waals surface area contributed by atoms with Gasteiger partial charge in [0.25, 0.3) is 0 Å². The van der Waals surface area contributed by atoms with Crippen molar-refractivity contribution in [3.05, 3.63) is 18.2 Å². The van der Waals surface area contributed by atoms with Gasteiger partial charge in [-0.2, -0.15) is 0 Å². The van der Waals surface area contributed by atoms with E-state index in [9.17, 15) is 8.42 Å². The highest BCUT2D eigenvalue weighted by molar-refractivity contribution is 7.89. The summed E-state index contributed by atoms with van der Waals surface area (Å²) in [6, 6.07) is 4.27. The van der Waals surface area contributed by atoms with Crippen molar-refractivity contribution in [3.63, 3.8) is 0 Å². The Kier molecular flexibility index (Phi) is 4.57. The summed E-state index contributed by atoms with van der Waals surface area (Å²) in [6.07, 6.45) is 0. The van der Waals surface area contributed by atoms with E-state index in [-0.39, 0.29) is 10.6 Å². The highest BCUT2D eigenvalue weighted by Gasteiger charge is 2.12. The molecule has 0 heterocycles. The lowest BCUT2D eigenvalue weighted by atomic mass is 10.3. The van der Waals surface area contributed by atoms with E-state index in [2.05, 4.69) is 6.57 Å². The number of methoxy groups -OCH3 is 1. The molecule has 0 radical (unpaired) electrons. The van der Waals surface area contributed by atoms with Crippen LogP contribution in [0.25, 0.3) is 0 Å². The van der Waals surface area contributed by atoms with Crippen LogP contribution in [0.2, 0.25) is 0 Å². The van der Waals surface area contributed by atoms with Crippen LogP contribution in [0.5, 0.6) is 5.75 Å². The first-order valence-electron chi connectivity index (χ1n) is 3.67. The first kappa shape index (κ1) is 13.2. The Morgan fingerprint density at radius 3 is 2.33 bits per heavy atom. The topological polar surface area (TPSA) is 119 Å². The van der Waals surface area contributed by atoms with Crippen LogP contribution in [0.15, 0.2) is 23.1 Å². The second kappa shape index (κ2) is 5.19. The van der Waals surface area contributed by atoms with Gasteiger partial charge in [-0.15, -0.1) is 0 Å². The monoisotopic (exact) mass is 229 g/mol. The number of anilines is 1. The molecule has 0 bridgehead atoms. The summed E-state index contributed by atoms with van der Waals surface area (Å²) in [5, 5.41) is 11.4. The van der Waals surface area contributed by atoms with Crippen LogP contribution in [0.4, 0.5) is 5.69 Å². The fourth-order valence-corrected chi connectivity index (χ4v) is 1.57. The molecule has 7 heteroatoms. The first-order valence-corrected chi connectivity index (χ1v) is 5.22. The molecule has 0 aliphatic carbocycles. The SMILES string of the molecule is C#N.COc1ccc(N)c(S(N)(=O)=O)c1. The Hall–Kier alpha value is -1.78. The predicted molar refractivity (Wildman–Crippen MR) is 55.4 cm³/mol. The number of nitrogen functional groups attached to an aromatic ring is 1. The molecular formula is C8H11N3O3S. The van der Waals surface area contributed by atoms with Gasteiger partial charge in [0.1, 0.15) is 10.6 Å². The lowest BCUT2D eigenvalue weighted by molar-refractivity contribution is 0.413. The fraction of sp³-hybridized carbons (Fsp3) is 0.125. The second-order valence-electron chi connectivity index (χ2n) is 2.45. The quantitative estimate of drug-likeness (QED) is 0.695. The number of primary sulfonamides is 1. The molecule has 1 aromatic rings. The minimum absolute atomic E-state index is 0.114. The van der Waals surface area contributed by atoms with Crippen LogP contribution in [-0.2, 0) is 10.0 Å². The van der Waals surface area contributed by atoms with Crippen LogP contribution in [0, 0.1) is 11.8 Å². The van der Waals surface area contributed by atoms with Gasteiger partial charge in [0.05, 0.1) is 12.8 Å². The maximum absolute atomic E-state index is 11.0. The molecule has 0 aromatic heterocycles. The van der Waals surface area contributed by atoms with Crippen LogP contribution in [-0.4, -0.2) is 15.5 Å². The number of hydrogen-bond acceptors (Lipinski definition) is 5. The van der Waals surface area contributed by atoms with Gasteiger partial charge in [0.2, 0.25) is 10.0 Å². The van der Waals surface area contributed by atoms with E-state index in [0.29, 0.717) is 5.75 Å². The van der Waals surface area contributed by atoms with Crippen molar-refractivity contribution in [1.82, 2.24) is 0 Å². The van der Waals surface area contributed by atoms with Crippen molar-refractivity contribution in [2.75, 3.05) is 12.8 Å². The van der Waals surface area contributed by atoms with Crippen molar-refractivity contribution < 1.29 is 13.2 Å². The Labute approximate surface area is 88.1 Å². The van der Waals surface area contributed by atoms with Gasteiger partial charge in [0.15, 0.2) is 0 Å². The third-order valence-electron chi connectivity index (χ3n) is 1.53. The Bertz CT molecular complexity index is 453. The van der Waals surface area contributed by atoms with Crippen LogP contribution in [0.3, 0.4) is 0 Å². The minimum atomic E-state index is -3.77. The molecule has 0 spiro atoms. The second-order valence-corrected chi connectivity index (χ2v) is 3.98. The number of nitriles is 1. The Balaban J connectivity index is 0.000000921. The number of rotatable bonds is 2. The first-order chi connectivity index (χ1) is 6.95. The largest absolute Gasteiger partial charge is 0.497 e. The van der Waals surface area contributed by atoms with E-state index in [4.69, 9.17) is 20.9 Å². The summed E-state index contributed by atoms with van der Waals surface area (Å²) in [6.45, 7) is 3.50. The molecule has 1 rings (SSSR count). The van der Waals surface area contributed by atoms with Gasteiger partial charge in [0, 0.05) is 12.6 Å². The van der Waals surface area contributed by atoms with E-state index in [0.717, 1.165) is 0 Å². The number of hydrogen-bond donors (Lipinski definition) is 2. The molecule has 15 heavy (non-hydrogen) atoms. The molecule has 0 aliphatic rings. The van der Waals surface area contributed by atoms with E-state index in [1.807, 2.05) is 0 Å². The van der Waals surface area contributed by atoms with E-state index in [1.54, 1.807) is 6.07 Å². The van der Waals surface area contributed by atoms with Crippen LogP contribution >= 0.6 is 0 Å². The molecule has 0 atom stereocenters. The maximum Gasteiger partial charge on any atom is 0.240 e. The molecule has 0 fully saturated rings. The molecule has 0 saturated carbocycles. The lowest BCUT2D eigenvalue weighted by Crippen LogP contribution is -2.14. The average molecular weight is 229 g/mol. The minimum Gasteiger partial charge on any atom is -0.497 e. The zero-order chi connectivity index (χ0) is 12.1. The van der Waals surface area contributed by atoms with E-state index in [1.165, 1.54) is 19.2 Å². The third kappa shape index (κ3) is 3.46. The van der Waals surface area contributed by atoms with E-state index < -0.39 is 10.0 Å². The zero-order valence-corrected chi connectivity index (χ0v) is 8.86. The smallest absolute Gasteiger partial charge is 0.240 e. The van der Waals surface area contributed by atoms with Gasteiger partial charge in [-0.25, -0.2) is 18.8 Å². The summed E-state index contributed by atoms with van der Waals surface area (Å²) >= 11 is 0. The van der Waals surface area contributed by atoms with Crippen molar-refractivity contribution in [3.8, 4) is 12.3 Å². The third-order valence-corrected chi connectivity index (χ3v) is 2.49. The standard InChI is InChI=1S/C7H10N2O3S.CHN/c1-12-5-2-3-6(8)7(4-5)13(9,10)11;1-2/h2-4H,8H2,1H3,(H2,9,10,11);1H. The number of benzene rings is 1. The van der Waals surface area contributed by atoms with Gasteiger partial charge in [-0.05, 0) is 12.1 Å². The normalized spacial score (nSPS) is 9.87. The molecule has 82 valence electrons. The highest BCUT2D eigenvalue weighted by atomic mass is 32.2. The summed E-state index contributed by atoms with van der Waals surface area (Å²) in [5.41, 5.74) is 5.53. The lowest BCUT2D eigenvalue weighted by Gasteiger charge is -2.05. The molecule has 0 amide bonds. The molecule has 1 aromatic carbocycles. The molecule has 0 unspecified atom stereocenters. The van der Waals surface area contributed by atoms with Gasteiger partial charge >= 0.3 is 0 Å². The van der Waals surface area contributed by atoms with Crippen molar-refractivity contribution in [2.45, 2.75) is 4.90 Å². The van der Waals surface area contributed by atoms with Gasteiger partial charge in [-0.3, -0.25) is 0 Å². The maximum atomic E-state index is 11.0. The number of nitrogens with zero attached hydrogens (tertiary/aromatic N) is 1. The average Bonchev–Trinajstić information content (AvgIpc) is 2.20. The zero-order valence-electron chi connectivity index (χ0n) is 8.04. The molecular weight excluding hydrogens is 218 g/mol. The molecule has 0 aliphatic heterocycles. The van der Waals surface area contributed by atoms with Crippen LogP contribution < -0.4 is 15.6 Å². The summed E-state index contributed by atoms with van der Waals surface area (Å²) in [4.78, 5) is -0.119. The van der Waals surface area contributed by atoms with Crippen molar-refractivity contribution >= 4 is 15.7 Å². The number of sulfonamides is 1. The molecule has 0 saturated heterocycles. The highest BCUT2D eigenvalue weighted by Crippen LogP contribution is 2.22. The van der Waals surface area contributed by atoms with Crippen molar-refractivity contribution in [1.29, 1.82) is 5.26 Å². The Morgan fingerprint density at radius 1 is 1.40 bits per heavy atom. The van der Waals surface area contributed by atoms with E-state index >= 15 is 0 Å². The summed E-state index contributed by atoms with van der Waals surface area (Å²) in [5.74, 6) is 0.401. The van der Waals surface area contributed by atoms with Crippen LogP contribution in [0.1, 0.15) is 0 Å². The number of nitrogens with two attached hydrogens (primary N) is 2. The van der Waals surface area contributed by atoms with Gasteiger partial charge in [-0.1, -0.05) is 0 Å². The predicted octanol–water partition coefficient (Wildman–Crippen LogP) is 0.0646. The van der Waals surface area contributed by atoms with Crippen molar-refractivity contribution in [2.24, 2.45) is 5.14 Å². The number of ether oxygens (including phenoxy) is 1. The molecule has 6 nitrogen and oxygen atoms in total. The summed E-state index contributed by atoms with van der Waals surface area (Å²) < 4.78 is 26.8.